The molecule has 2 rings (SSSR count). The van der Waals surface area contributed by atoms with Crippen molar-refractivity contribution in [1.82, 2.24) is 9.21 Å². The van der Waals surface area contributed by atoms with Gasteiger partial charge in [-0.1, -0.05) is 0 Å². The highest BCUT2D eigenvalue weighted by Crippen LogP contribution is 2.23. The van der Waals surface area contributed by atoms with Gasteiger partial charge in [-0.3, -0.25) is 0 Å². The van der Waals surface area contributed by atoms with Crippen LogP contribution in [0.15, 0.2) is 29.2 Å². The summed E-state index contributed by atoms with van der Waals surface area (Å²) in [5.41, 5.74) is 0. The third-order valence-corrected chi connectivity index (χ3v) is 5.73. The van der Waals surface area contributed by atoms with Crippen LogP contribution in [0.4, 0.5) is 13.2 Å². The van der Waals surface area contributed by atoms with Crippen LogP contribution in [0.3, 0.4) is 0 Å². The highest BCUT2D eigenvalue weighted by Gasteiger charge is 2.31. The zero-order valence-corrected chi connectivity index (χ0v) is 14.2. The maximum Gasteiger partial charge on any atom is 0.390 e. The molecule has 1 heterocycles. The van der Waals surface area contributed by atoms with E-state index in [4.69, 9.17) is 4.74 Å². The molecule has 1 aromatic carbocycles. The molecule has 5 nitrogen and oxygen atoms in total. The molecule has 1 aliphatic rings. The molecule has 0 bridgehead atoms. The summed E-state index contributed by atoms with van der Waals surface area (Å²) in [5, 5.41) is 0. The largest absolute Gasteiger partial charge is 0.494 e. The van der Waals surface area contributed by atoms with Crippen LogP contribution in [0, 0.1) is 0 Å². The van der Waals surface area contributed by atoms with E-state index >= 15 is 0 Å². The van der Waals surface area contributed by atoms with Crippen LogP contribution in [0.2, 0.25) is 0 Å². The number of alkyl halides is 3. The van der Waals surface area contributed by atoms with Gasteiger partial charge in [0.2, 0.25) is 10.0 Å². The van der Waals surface area contributed by atoms with Crippen molar-refractivity contribution in [3.63, 3.8) is 0 Å². The van der Waals surface area contributed by atoms with Gasteiger partial charge in [0.05, 0.1) is 17.9 Å². The zero-order valence-electron chi connectivity index (χ0n) is 13.4. The molecule has 1 saturated heterocycles. The van der Waals surface area contributed by atoms with Crippen molar-refractivity contribution in [1.29, 1.82) is 0 Å². The predicted molar refractivity (Wildman–Crippen MR) is 83.5 cm³/mol. The van der Waals surface area contributed by atoms with Crippen LogP contribution in [0.25, 0.3) is 0 Å². The summed E-state index contributed by atoms with van der Waals surface area (Å²) in [4.78, 5) is 1.80. The maximum atomic E-state index is 12.6. The second kappa shape index (κ2) is 7.71. The van der Waals surface area contributed by atoms with Crippen LogP contribution >= 0.6 is 0 Å². The Morgan fingerprint density at radius 1 is 1.08 bits per heavy atom. The second-order valence-electron chi connectivity index (χ2n) is 5.52. The smallest absolute Gasteiger partial charge is 0.390 e. The Kier molecular flexibility index (Phi) is 6.11. The molecule has 0 amide bonds. The van der Waals surface area contributed by atoms with Gasteiger partial charge in [-0.2, -0.15) is 17.5 Å². The Morgan fingerprint density at radius 3 is 2.17 bits per heavy atom. The quantitative estimate of drug-likeness (QED) is 0.776. The fourth-order valence-electron chi connectivity index (χ4n) is 2.50. The molecule has 0 aliphatic carbocycles. The first-order chi connectivity index (χ1) is 11.2. The summed E-state index contributed by atoms with van der Waals surface area (Å²) in [7, 11) is -3.63. The minimum atomic E-state index is -4.19. The number of sulfonamides is 1. The Labute approximate surface area is 140 Å². The molecule has 0 aromatic heterocycles. The Hall–Kier alpha value is -1.32. The molecule has 0 atom stereocenters. The third kappa shape index (κ3) is 5.09. The van der Waals surface area contributed by atoms with Crippen LogP contribution in [0.1, 0.15) is 13.3 Å². The van der Waals surface area contributed by atoms with Gasteiger partial charge in [0, 0.05) is 32.7 Å². The molecule has 1 fully saturated rings. The van der Waals surface area contributed by atoms with Gasteiger partial charge in [-0.25, -0.2) is 8.42 Å². The standard InChI is InChI=1S/C15H21F3N2O3S/c1-2-23-13-3-5-14(6-4-13)24(21,22)20-11-9-19(10-12-20)8-7-15(16,17)18/h3-6H,2,7-12H2,1H3. The van der Waals surface area contributed by atoms with Crippen molar-refractivity contribution in [2.75, 3.05) is 39.3 Å². The molecule has 1 aliphatic heterocycles. The van der Waals surface area contributed by atoms with E-state index < -0.39 is 22.6 Å². The average Bonchev–Trinajstić information content (AvgIpc) is 2.53. The molecular formula is C15H21F3N2O3S. The van der Waals surface area contributed by atoms with E-state index in [0.29, 0.717) is 25.4 Å². The topological polar surface area (TPSA) is 49.9 Å². The Balaban J connectivity index is 1.94. The average molecular weight is 366 g/mol. The lowest BCUT2D eigenvalue weighted by Gasteiger charge is -2.34. The molecule has 24 heavy (non-hydrogen) atoms. The van der Waals surface area contributed by atoms with Gasteiger partial charge >= 0.3 is 6.18 Å². The van der Waals surface area contributed by atoms with Gasteiger partial charge in [-0.15, -0.1) is 0 Å². The highest BCUT2D eigenvalue weighted by atomic mass is 32.2. The van der Waals surface area contributed by atoms with Gasteiger partial charge in [0.15, 0.2) is 0 Å². The van der Waals surface area contributed by atoms with Crippen molar-refractivity contribution < 1.29 is 26.3 Å². The van der Waals surface area contributed by atoms with Crippen molar-refractivity contribution in [3.05, 3.63) is 24.3 Å². The van der Waals surface area contributed by atoms with E-state index in [0.717, 1.165) is 0 Å². The lowest BCUT2D eigenvalue weighted by molar-refractivity contribution is -0.138. The lowest BCUT2D eigenvalue weighted by atomic mass is 10.3. The van der Waals surface area contributed by atoms with Crippen molar-refractivity contribution in [3.8, 4) is 5.75 Å². The van der Waals surface area contributed by atoms with E-state index in [1.165, 1.54) is 16.4 Å². The zero-order chi connectivity index (χ0) is 17.8. The number of hydrogen-bond donors (Lipinski definition) is 0. The number of ether oxygens (including phenoxy) is 1. The Bertz CT molecular complexity index is 624. The van der Waals surface area contributed by atoms with E-state index in [1.54, 1.807) is 17.0 Å². The number of halogens is 3. The van der Waals surface area contributed by atoms with Crippen LogP contribution in [-0.2, 0) is 10.0 Å². The molecule has 0 N–H and O–H groups in total. The summed E-state index contributed by atoms with van der Waals surface area (Å²) < 4.78 is 68.5. The van der Waals surface area contributed by atoms with Gasteiger partial charge in [0.25, 0.3) is 0 Å². The van der Waals surface area contributed by atoms with Gasteiger partial charge in [-0.05, 0) is 31.2 Å². The number of rotatable bonds is 6. The van der Waals surface area contributed by atoms with Crippen molar-refractivity contribution in [2.45, 2.75) is 24.4 Å². The van der Waals surface area contributed by atoms with Crippen molar-refractivity contribution in [2.24, 2.45) is 0 Å². The first-order valence-electron chi connectivity index (χ1n) is 7.74. The summed E-state index contributed by atoms with van der Waals surface area (Å²) in [5.74, 6) is 0.591. The fourth-order valence-corrected chi connectivity index (χ4v) is 3.92. The van der Waals surface area contributed by atoms with Crippen molar-refractivity contribution >= 4 is 10.0 Å². The van der Waals surface area contributed by atoms with E-state index in [2.05, 4.69) is 0 Å². The minimum absolute atomic E-state index is 0.0968. The first-order valence-corrected chi connectivity index (χ1v) is 9.18. The number of nitrogens with zero attached hydrogens (tertiary/aromatic N) is 2. The van der Waals surface area contributed by atoms with Crippen LogP contribution in [0.5, 0.6) is 5.75 Å². The summed E-state index contributed by atoms with van der Waals surface area (Å²) in [6.07, 6.45) is -5.07. The molecule has 1 aromatic rings. The minimum Gasteiger partial charge on any atom is -0.494 e. The highest BCUT2D eigenvalue weighted by molar-refractivity contribution is 7.89. The number of hydrogen-bond acceptors (Lipinski definition) is 4. The van der Waals surface area contributed by atoms with Crippen LogP contribution in [-0.4, -0.2) is 63.1 Å². The lowest BCUT2D eigenvalue weighted by Crippen LogP contribution is -2.49. The Morgan fingerprint density at radius 2 is 1.67 bits per heavy atom. The maximum absolute atomic E-state index is 12.6. The predicted octanol–water partition coefficient (Wildman–Crippen LogP) is 2.34. The summed E-state index contributed by atoms with van der Waals surface area (Å²) in [6, 6.07) is 6.15. The van der Waals surface area contributed by atoms with E-state index in [9.17, 15) is 21.6 Å². The fraction of sp³-hybridized carbons (Fsp3) is 0.600. The summed E-state index contributed by atoms with van der Waals surface area (Å²) in [6.45, 7) is 3.20. The summed E-state index contributed by atoms with van der Waals surface area (Å²) >= 11 is 0. The molecule has 9 heteroatoms. The molecule has 136 valence electrons. The van der Waals surface area contributed by atoms with Gasteiger partial charge < -0.3 is 9.64 Å². The normalized spacial score (nSPS) is 17.8. The van der Waals surface area contributed by atoms with Gasteiger partial charge in [0.1, 0.15) is 5.75 Å². The third-order valence-electron chi connectivity index (χ3n) is 3.82. The second-order valence-corrected chi connectivity index (χ2v) is 7.45. The number of piperazine rings is 1. The number of benzene rings is 1. The molecule has 0 radical (unpaired) electrons. The monoisotopic (exact) mass is 366 g/mol. The molecule has 0 spiro atoms. The van der Waals surface area contributed by atoms with Crippen LogP contribution < -0.4 is 4.74 Å². The van der Waals surface area contributed by atoms with E-state index in [-0.39, 0.29) is 24.5 Å². The molecular weight excluding hydrogens is 345 g/mol. The molecule has 0 saturated carbocycles. The first kappa shape index (κ1) is 19.0. The molecule has 0 unspecified atom stereocenters. The van der Waals surface area contributed by atoms with E-state index in [1.807, 2.05) is 6.92 Å². The SMILES string of the molecule is CCOc1ccc(S(=O)(=O)N2CCN(CCC(F)(F)F)CC2)cc1.